The summed E-state index contributed by atoms with van der Waals surface area (Å²) in [7, 11) is -2.34. The van der Waals surface area contributed by atoms with Gasteiger partial charge in [0, 0.05) is 30.7 Å². The van der Waals surface area contributed by atoms with E-state index in [0.717, 1.165) is 10.6 Å². The number of aliphatic hydroxyl groups excluding tert-OH is 2. The Labute approximate surface area is 220 Å². The van der Waals surface area contributed by atoms with Crippen LogP contribution in [0.1, 0.15) is 43.9 Å². The van der Waals surface area contributed by atoms with Crippen LogP contribution in [0.4, 0.5) is 16.2 Å². The quantitative estimate of drug-likeness (QED) is 0.328. The molecule has 3 aromatic rings. The number of carbonyl (C=O) groups is 1. The number of carboxylic acid groups (broad SMARTS) is 1. The first-order valence-electron chi connectivity index (χ1n) is 11.7. The molecular weight excluding hydrogens is 517 g/mol. The van der Waals surface area contributed by atoms with Crippen LogP contribution in [0.25, 0.3) is 17.3 Å². The summed E-state index contributed by atoms with van der Waals surface area (Å²) in [5.74, 6) is -1.84. The highest BCUT2D eigenvalue weighted by Crippen LogP contribution is 2.34. The molecule has 0 saturated heterocycles. The molecule has 3 rings (SSSR count). The molecule has 204 valence electrons. The molecule has 0 fully saturated rings. The monoisotopic (exact) mass is 547 g/mol. The van der Waals surface area contributed by atoms with E-state index in [0.29, 0.717) is 16.8 Å². The molecule has 38 heavy (non-hydrogen) atoms. The molecule has 0 aliphatic heterocycles. The van der Waals surface area contributed by atoms with E-state index < -0.39 is 40.4 Å². The maximum atomic E-state index is 13.7. The van der Waals surface area contributed by atoms with E-state index in [1.54, 1.807) is 7.05 Å². The van der Waals surface area contributed by atoms with E-state index in [1.807, 2.05) is 13.8 Å². The number of rotatable bonds is 11. The highest BCUT2D eigenvalue weighted by molar-refractivity contribution is 7.92. The number of hydrogen-bond acceptors (Lipinski definition) is 8. The third-order valence-electron chi connectivity index (χ3n) is 5.55. The van der Waals surface area contributed by atoms with E-state index in [9.17, 15) is 27.8 Å². The van der Waals surface area contributed by atoms with Gasteiger partial charge in [0.1, 0.15) is 11.6 Å². The Morgan fingerprint density at radius 2 is 1.82 bits per heavy atom. The Bertz CT molecular complexity index is 1420. The molecule has 2 aromatic heterocycles. The van der Waals surface area contributed by atoms with E-state index in [4.69, 9.17) is 5.11 Å². The van der Waals surface area contributed by atoms with Gasteiger partial charge in [-0.15, -0.1) is 0 Å². The summed E-state index contributed by atoms with van der Waals surface area (Å²) >= 11 is 0. The summed E-state index contributed by atoms with van der Waals surface area (Å²) in [4.78, 5) is 20.0. The number of sulfonamides is 1. The zero-order valence-corrected chi connectivity index (χ0v) is 22.2. The fourth-order valence-corrected chi connectivity index (χ4v) is 4.73. The Kier molecular flexibility index (Phi) is 8.97. The minimum atomic E-state index is -3.92. The number of halogens is 1. The standard InChI is InChI=1S/C25H30FN5O6S/c1-15(2)23-20(10-9-18(32)13-19(33)14-22(34)35)24(16-5-7-17(26)8-6-16)29-25(28-23)31(38(4,36)37)21-11-12-27-30(21)3/h5-12,15,18-19,32-33H,13-14H2,1-4H3,(H,34,35)/b10-9+/t18-,19-/m1/s1. The third kappa shape index (κ3) is 7.00. The van der Waals surface area contributed by atoms with E-state index in [2.05, 4.69) is 15.1 Å². The molecule has 0 radical (unpaired) electrons. The molecule has 0 saturated carbocycles. The SMILES string of the molecule is CC(C)c1nc(N(c2ccnn2C)S(C)(=O)=O)nc(-c2ccc(F)cc2)c1/C=C/[C@@H](O)C[C@@H](O)CC(=O)O. The van der Waals surface area contributed by atoms with Crippen LogP contribution in [-0.4, -0.2) is 67.9 Å². The van der Waals surface area contributed by atoms with Crippen LogP contribution in [0.3, 0.4) is 0 Å². The topological polar surface area (TPSA) is 159 Å². The number of anilines is 2. The van der Waals surface area contributed by atoms with Crippen LogP contribution >= 0.6 is 0 Å². The summed E-state index contributed by atoms with van der Waals surface area (Å²) < 4.78 is 41.8. The molecule has 11 nitrogen and oxygen atoms in total. The zero-order chi connectivity index (χ0) is 28.2. The van der Waals surface area contributed by atoms with Crippen molar-refractivity contribution in [2.24, 2.45) is 7.05 Å². The molecule has 0 aliphatic carbocycles. The number of aryl methyl sites for hydroxylation is 1. The molecule has 13 heteroatoms. The van der Waals surface area contributed by atoms with Gasteiger partial charge in [0.15, 0.2) is 0 Å². The number of benzene rings is 1. The van der Waals surface area contributed by atoms with Crippen LogP contribution in [0, 0.1) is 5.82 Å². The van der Waals surface area contributed by atoms with Crippen LogP contribution in [-0.2, 0) is 21.9 Å². The van der Waals surface area contributed by atoms with Crippen LogP contribution in [0.5, 0.6) is 0 Å². The molecule has 0 unspecified atom stereocenters. The first kappa shape index (κ1) is 28.9. The highest BCUT2D eigenvalue weighted by Gasteiger charge is 2.28. The minimum Gasteiger partial charge on any atom is -0.481 e. The smallest absolute Gasteiger partial charge is 0.305 e. The summed E-state index contributed by atoms with van der Waals surface area (Å²) in [6, 6.07) is 6.97. The Morgan fingerprint density at radius 3 is 2.34 bits per heavy atom. The van der Waals surface area contributed by atoms with Gasteiger partial charge in [0.25, 0.3) is 0 Å². The molecule has 0 spiro atoms. The van der Waals surface area contributed by atoms with Gasteiger partial charge in [0.2, 0.25) is 16.0 Å². The first-order valence-corrected chi connectivity index (χ1v) is 13.5. The van der Waals surface area contributed by atoms with Crippen LogP contribution < -0.4 is 4.31 Å². The molecule has 0 bridgehead atoms. The number of aliphatic hydroxyl groups is 2. The van der Waals surface area contributed by atoms with Crippen molar-refractivity contribution >= 4 is 33.8 Å². The zero-order valence-electron chi connectivity index (χ0n) is 21.4. The van der Waals surface area contributed by atoms with Crippen molar-refractivity contribution in [2.45, 2.75) is 44.8 Å². The lowest BCUT2D eigenvalue weighted by atomic mass is 9.97. The number of hydrogen-bond donors (Lipinski definition) is 3. The summed E-state index contributed by atoms with van der Waals surface area (Å²) in [6.07, 6.45) is 2.18. The first-order chi connectivity index (χ1) is 17.8. The Hall–Kier alpha value is -3.68. The number of carboxylic acids is 1. The highest BCUT2D eigenvalue weighted by atomic mass is 32.2. The average Bonchev–Trinajstić information content (AvgIpc) is 3.21. The Balaban J connectivity index is 2.22. The lowest BCUT2D eigenvalue weighted by molar-refractivity contribution is -0.139. The van der Waals surface area contributed by atoms with Gasteiger partial charge in [-0.25, -0.2) is 22.8 Å². The van der Waals surface area contributed by atoms with Crippen molar-refractivity contribution in [1.29, 1.82) is 0 Å². The van der Waals surface area contributed by atoms with Gasteiger partial charge < -0.3 is 15.3 Å². The molecule has 0 amide bonds. The van der Waals surface area contributed by atoms with E-state index in [1.165, 1.54) is 53.4 Å². The van der Waals surface area contributed by atoms with Crippen molar-refractivity contribution in [3.8, 4) is 11.3 Å². The third-order valence-corrected chi connectivity index (χ3v) is 6.57. The summed E-state index contributed by atoms with van der Waals surface area (Å²) in [5.41, 5.74) is 1.64. The molecule has 2 heterocycles. The van der Waals surface area contributed by atoms with Gasteiger partial charge in [0.05, 0.1) is 42.5 Å². The molecule has 3 N–H and O–H groups in total. The predicted molar refractivity (Wildman–Crippen MR) is 140 cm³/mol. The second kappa shape index (κ2) is 11.8. The molecular formula is C25H30FN5O6S. The lowest BCUT2D eigenvalue weighted by Crippen LogP contribution is -2.29. The second-order valence-corrected chi connectivity index (χ2v) is 10.9. The van der Waals surface area contributed by atoms with Gasteiger partial charge in [-0.3, -0.25) is 9.48 Å². The fourth-order valence-electron chi connectivity index (χ4n) is 3.83. The number of aromatic nitrogens is 4. The average molecular weight is 548 g/mol. The van der Waals surface area contributed by atoms with Crippen LogP contribution in [0.15, 0.2) is 42.6 Å². The van der Waals surface area contributed by atoms with Crippen molar-refractivity contribution in [1.82, 2.24) is 19.7 Å². The summed E-state index contributed by atoms with van der Waals surface area (Å²) in [6.45, 7) is 3.69. The predicted octanol–water partition coefficient (Wildman–Crippen LogP) is 2.84. The van der Waals surface area contributed by atoms with Crippen molar-refractivity contribution in [3.63, 3.8) is 0 Å². The van der Waals surface area contributed by atoms with Gasteiger partial charge >= 0.3 is 5.97 Å². The Morgan fingerprint density at radius 1 is 1.16 bits per heavy atom. The van der Waals surface area contributed by atoms with E-state index >= 15 is 0 Å². The molecule has 0 aliphatic rings. The normalized spacial score (nSPS) is 13.7. The van der Waals surface area contributed by atoms with Crippen molar-refractivity contribution in [3.05, 3.63) is 59.7 Å². The molecule has 2 atom stereocenters. The minimum absolute atomic E-state index is 0.145. The van der Waals surface area contributed by atoms with Crippen molar-refractivity contribution in [2.75, 3.05) is 10.6 Å². The van der Waals surface area contributed by atoms with Gasteiger partial charge in [-0.05, 0) is 30.2 Å². The van der Waals surface area contributed by atoms with Crippen molar-refractivity contribution < 1.29 is 32.9 Å². The summed E-state index contributed by atoms with van der Waals surface area (Å²) in [5, 5.41) is 33.2. The largest absolute Gasteiger partial charge is 0.481 e. The maximum absolute atomic E-state index is 13.7. The number of aliphatic carboxylic acids is 1. The number of nitrogens with zero attached hydrogens (tertiary/aromatic N) is 5. The second-order valence-electron chi connectivity index (χ2n) is 9.09. The van der Waals surface area contributed by atoms with Crippen LogP contribution in [0.2, 0.25) is 0 Å². The van der Waals surface area contributed by atoms with Gasteiger partial charge in [-0.2, -0.15) is 9.40 Å². The molecule has 1 aromatic carbocycles. The van der Waals surface area contributed by atoms with E-state index in [-0.39, 0.29) is 29.8 Å². The lowest BCUT2D eigenvalue weighted by Gasteiger charge is -2.23. The fraction of sp³-hybridized carbons (Fsp3) is 0.360. The van der Waals surface area contributed by atoms with Gasteiger partial charge in [-0.1, -0.05) is 26.0 Å². The maximum Gasteiger partial charge on any atom is 0.305 e.